The van der Waals surface area contributed by atoms with Gasteiger partial charge < -0.3 is 5.32 Å². The molecular weight excluding hydrogens is 329 g/mol. The van der Waals surface area contributed by atoms with Crippen LogP contribution < -0.4 is 5.32 Å². The summed E-state index contributed by atoms with van der Waals surface area (Å²) in [5.41, 5.74) is 1.71. The van der Waals surface area contributed by atoms with Gasteiger partial charge in [-0.2, -0.15) is 0 Å². The molecule has 0 aromatic heterocycles. The van der Waals surface area contributed by atoms with E-state index in [-0.39, 0.29) is 5.56 Å². The third-order valence-corrected chi connectivity index (χ3v) is 5.86. The quantitative estimate of drug-likeness (QED) is 0.870. The predicted octanol–water partition coefficient (Wildman–Crippen LogP) is 3.33. The molecule has 0 aliphatic rings. The normalized spacial score (nSPS) is 12.6. The van der Waals surface area contributed by atoms with E-state index in [0.717, 1.165) is 12.0 Å². The highest BCUT2D eigenvalue weighted by molar-refractivity contribution is 7.92. The zero-order chi connectivity index (χ0) is 17.7. The van der Waals surface area contributed by atoms with E-state index in [1.54, 1.807) is 18.2 Å². The summed E-state index contributed by atoms with van der Waals surface area (Å²) in [4.78, 5) is 12.2. The van der Waals surface area contributed by atoms with Gasteiger partial charge in [0.15, 0.2) is 9.84 Å². The first-order chi connectivity index (χ1) is 11.3. The molecule has 2 rings (SSSR count). The van der Waals surface area contributed by atoms with Gasteiger partial charge in [0.25, 0.3) is 0 Å². The van der Waals surface area contributed by atoms with Crippen LogP contribution in [-0.2, 0) is 26.8 Å². The SMILES string of the molecule is CCc1ccc(NC(=O)[C@H](C)S(=O)(=O)Cc2ccccc2F)cc1. The van der Waals surface area contributed by atoms with Crippen LogP contribution in [0.2, 0.25) is 0 Å². The number of amides is 1. The molecule has 1 N–H and O–H groups in total. The third kappa shape index (κ3) is 4.41. The summed E-state index contributed by atoms with van der Waals surface area (Å²) < 4.78 is 38.4. The first kappa shape index (κ1) is 18.1. The van der Waals surface area contributed by atoms with Crippen molar-refractivity contribution in [3.8, 4) is 0 Å². The Morgan fingerprint density at radius 2 is 1.75 bits per heavy atom. The van der Waals surface area contributed by atoms with E-state index in [1.165, 1.54) is 25.1 Å². The molecule has 2 aromatic carbocycles. The van der Waals surface area contributed by atoms with Crippen molar-refractivity contribution >= 4 is 21.4 Å². The van der Waals surface area contributed by atoms with E-state index in [1.807, 2.05) is 19.1 Å². The Bertz CT molecular complexity index is 816. The molecule has 0 fully saturated rings. The number of anilines is 1. The number of rotatable bonds is 6. The highest BCUT2D eigenvalue weighted by Crippen LogP contribution is 2.17. The van der Waals surface area contributed by atoms with Crippen molar-refractivity contribution in [3.05, 3.63) is 65.5 Å². The summed E-state index contributed by atoms with van der Waals surface area (Å²) in [5.74, 6) is -1.73. The molecule has 0 saturated heterocycles. The molecule has 0 aliphatic heterocycles. The second kappa shape index (κ2) is 7.57. The fraction of sp³-hybridized carbons (Fsp3) is 0.278. The molecule has 0 heterocycles. The fourth-order valence-electron chi connectivity index (χ4n) is 2.19. The maximum Gasteiger partial charge on any atom is 0.242 e. The Hall–Kier alpha value is -2.21. The summed E-state index contributed by atoms with van der Waals surface area (Å²) in [6, 6.07) is 12.9. The topological polar surface area (TPSA) is 63.2 Å². The van der Waals surface area contributed by atoms with Crippen LogP contribution in [0.5, 0.6) is 0 Å². The molecule has 0 saturated carbocycles. The molecule has 1 atom stereocenters. The van der Waals surface area contributed by atoms with Gasteiger partial charge in [-0.05, 0) is 37.1 Å². The van der Waals surface area contributed by atoms with Crippen LogP contribution in [0.15, 0.2) is 48.5 Å². The van der Waals surface area contributed by atoms with Gasteiger partial charge >= 0.3 is 0 Å². The van der Waals surface area contributed by atoms with Crippen LogP contribution in [-0.4, -0.2) is 19.6 Å². The minimum Gasteiger partial charge on any atom is -0.325 e. The fourth-order valence-corrected chi connectivity index (χ4v) is 3.49. The molecule has 2 aromatic rings. The van der Waals surface area contributed by atoms with Gasteiger partial charge in [0.05, 0.1) is 5.75 Å². The van der Waals surface area contributed by atoms with E-state index in [4.69, 9.17) is 0 Å². The van der Waals surface area contributed by atoms with Crippen molar-refractivity contribution in [2.24, 2.45) is 0 Å². The van der Waals surface area contributed by atoms with Crippen LogP contribution in [0.3, 0.4) is 0 Å². The lowest BCUT2D eigenvalue weighted by Gasteiger charge is -2.14. The summed E-state index contributed by atoms with van der Waals surface area (Å²) in [6.07, 6.45) is 0.877. The van der Waals surface area contributed by atoms with Gasteiger partial charge in [0.1, 0.15) is 11.1 Å². The molecule has 128 valence electrons. The molecule has 0 unspecified atom stereocenters. The molecule has 4 nitrogen and oxygen atoms in total. The molecule has 0 aliphatic carbocycles. The van der Waals surface area contributed by atoms with E-state index in [2.05, 4.69) is 5.32 Å². The molecule has 0 bridgehead atoms. The lowest BCUT2D eigenvalue weighted by atomic mass is 10.1. The van der Waals surface area contributed by atoms with Crippen molar-refractivity contribution < 1.29 is 17.6 Å². The Morgan fingerprint density at radius 3 is 2.33 bits per heavy atom. The largest absolute Gasteiger partial charge is 0.325 e. The van der Waals surface area contributed by atoms with Gasteiger partial charge in [0, 0.05) is 11.3 Å². The van der Waals surface area contributed by atoms with Crippen molar-refractivity contribution in [2.45, 2.75) is 31.3 Å². The van der Waals surface area contributed by atoms with Crippen molar-refractivity contribution in [3.63, 3.8) is 0 Å². The summed E-state index contributed by atoms with van der Waals surface area (Å²) in [6.45, 7) is 3.33. The second-order valence-electron chi connectivity index (χ2n) is 5.58. The number of nitrogens with one attached hydrogen (secondary N) is 1. The van der Waals surface area contributed by atoms with E-state index >= 15 is 0 Å². The van der Waals surface area contributed by atoms with Crippen LogP contribution in [0.4, 0.5) is 10.1 Å². The van der Waals surface area contributed by atoms with Crippen molar-refractivity contribution in [1.29, 1.82) is 0 Å². The zero-order valence-electron chi connectivity index (χ0n) is 13.6. The molecule has 6 heteroatoms. The molecule has 24 heavy (non-hydrogen) atoms. The number of carbonyl (C=O) groups excluding carboxylic acids is 1. The first-order valence-corrected chi connectivity index (χ1v) is 9.40. The maximum absolute atomic E-state index is 13.6. The van der Waals surface area contributed by atoms with E-state index < -0.39 is 32.6 Å². The van der Waals surface area contributed by atoms with Gasteiger partial charge in [-0.1, -0.05) is 37.3 Å². The average molecular weight is 349 g/mol. The highest BCUT2D eigenvalue weighted by Gasteiger charge is 2.29. The van der Waals surface area contributed by atoms with Crippen molar-refractivity contribution in [1.82, 2.24) is 0 Å². The summed E-state index contributed by atoms with van der Waals surface area (Å²) in [5, 5.41) is 1.31. The van der Waals surface area contributed by atoms with Crippen LogP contribution >= 0.6 is 0 Å². The summed E-state index contributed by atoms with van der Waals surface area (Å²) >= 11 is 0. The lowest BCUT2D eigenvalue weighted by molar-refractivity contribution is -0.115. The minimum atomic E-state index is -3.82. The number of aryl methyl sites for hydroxylation is 1. The van der Waals surface area contributed by atoms with E-state index in [9.17, 15) is 17.6 Å². The molecule has 0 radical (unpaired) electrons. The van der Waals surface area contributed by atoms with Crippen molar-refractivity contribution in [2.75, 3.05) is 5.32 Å². The third-order valence-electron chi connectivity index (χ3n) is 3.85. The zero-order valence-corrected chi connectivity index (χ0v) is 14.4. The molecular formula is C18H20FNO3S. The van der Waals surface area contributed by atoms with Crippen LogP contribution in [0.25, 0.3) is 0 Å². The Kier molecular flexibility index (Phi) is 5.72. The molecule has 0 spiro atoms. The summed E-state index contributed by atoms with van der Waals surface area (Å²) in [7, 11) is -3.82. The highest BCUT2D eigenvalue weighted by atomic mass is 32.2. The number of hydrogen-bond donors (Lipinski definition) is 1. The Morgan fingerprint density at radius 1 is 1.12 bits per heavy atom. The van der Waals surface area contributed by atoms with Gasteiger partial charge in [-0.3, -0.25) is 4.79 Å². The van der Waals surface area contributed by atoms with E-state index in [0.29, 0.717) is 5.69 Å². The average Bonchev–Trinajstić information content (AvgIpc) is 2.56. The lowest BCUT2D eigenvalue weighted by Crippen LogP contribution is -2.33. The monoisotopic (exact) mass is 349 g/mol. The Balaban J connectivity index is 2.09. The standard InChI is InChI=1S/C18H20FNO3S/c1-3-14-8-10-16(11-9-14)20-18(21)13(2)24(22,23)12-15-6-4-5-7-17(15)19/h4-11,13H,3,12H2,1-2H3,(H,20,21)/t13-/m0/s1. The van der Waals surface area contributed by atoms with Gasteiger partial charge in [-0.25, -0.2) is 12.8 Å². The predicted molar refractivity (Wildman–Crippen MR) is 92.9 cm³/mol. The molecule has 1 amide bonds. The number of halogens is 1. The van der Waals surface area contributed by atoms with Gasteiger partial charge in [0.2, 0.25) is 5.91 Å². The second-order valence-corrected chi connectivity index (χ2v) is 7.90. The number of sulfone groups is 1. The Labute approximate surface area is 141 Å². The smallest absolute Gasteiger partial charge is 0.242 e. The van der Waals surface area contributed by atoms with Crippen LogP contribution in [0.1, 0.15) is 25.0 Å². The first-order valence-electron chi connectivity index (χ1n) is 7.68. The van der Waals surface area contributed by atoms with Crippen LogP contribution in [0, 0.1) is 5.82 Å². The number of carbonyl (C=O) groups is 1. The number of benzene rings is 2. The van der Waals surface area contributed by atoms with Gasteiger partial charge in [-0.15, -0.1) is 0 Å². The number of hydrogen-bond acceptors (Lipinski definition) is 3. The minimum absolute atomic E-state index is 0.0597. The maximum atomic E-state index is 13.6.